The highest BCUT2D eigenvalue weighted by molar-refractivity contribution is 9.10. The van der Waals surface area contributed by atoms with Gasteiger partial charge in [0, 0.05) is 11.6 Å². The van der Waals surface area contributed by atoms with Crippen LogP contribution in [0, 0.1) is 0 Å². The fraction of sp³-hybridized carbons (Fsp3) is 0.462. The van der Waals surface area contributed by atoms with Crippen molar-refractivity contribution in [1.82, 2.24) is 0 Å². The number of methoxy groups -OCH3 is 1. The lowest BCUT2D eigenvalue weighted by atomic mass is 9.71. The van der Waals surface area contributed by atoms with E-state index in [1.54, 1.807) is 13.2 Å². The normalized spacial score (nSPS) is 17.1. The Morgan fingerprint density at radius 2 is 2.29 bits per heavy atom. The summed E-state index contributed by atoms with van der Waals surface area (Å²) in [7, 11) is 1.67. The van der Waals surface area contributed by atoms with E-state index < -0.39 is 0 Å². The zero-order valence-electron chi connectivity index (χ0n) is 9.70. The van der Waals surface area contributed by atoms with E-state index in [1.165, 1.54) is 0 Å². The Labute approximate surface area is 109 Å². The number of hydrogen-bond acceptors (Lipinski definition) is 3. The summed E-state index contributed by atoms with van der Waals surface area (Å²) in [4.78, 5) is 14.6. The van der Waals surface area contributed by atoms with Crippen LogP contribution in [0.15, 0.2) is 27.7 Å². The first kappa shape index (κ1) is 12.5. The average molecular weight is 296 g/mol. The molecule has 0 N–H and O–H groups in total. The molecule has 90 valence electrons. The van der Waals surface area contributed by atoms with Crippen LogP contribution in [0.5, 0.6) is 0 Å². The Morgan fingerprint density at radius 1 is 1.53 bits per heavy atom. The number of isocyanates is 1. The van der Waals surface area contributed by atoms with Crippen LogP contribution in [0.2, 0.25) is 0 Å². The topological polar surface area (TPSA) is 38.7 Å². The Balaban J connectivity index is 2.46. The second-order valence-electron chi connectivity index (χ2n) is 4.32. The standard InChI is InChI=1S/C13H14BrNO2/c1-17-8-10-7-11(14)3-4-12(10)13(15-9-16)5-2-6-13/h3-4,7H,2,5-6,8H2,1H3. The third-order valence-corrected chi connectivity index (χ3v) is 3.80. The van der Waals surface area contributed by atoms with Gasteiger partial charge in [0.25, 0.3) is 0 Å². The fourth-order valence-corrected chi connectivity index (χ4v) is 2.74. The summed E-state index contributed by atoms with van der Waals surface area (Å²) >= 11 is 3.45. The van der Waals surface area contributed by atoms with E-state index in [0.29, 0.717) is 6.61 Å². The number of rotatable bonds is 4. The smallest absolute Gasteiger partial charge is 0.235 e. The minimum atomic E-state index is -0.351. The molecule has 0 saturated heterocycles. The van der Waals surface area contributed by atoms with E-state index in [0.717, 1.165) is 34.9 Å². The molecule has 0 atom stereocenters. The summed E-state index contributed by atoms with van der Waals surface area (Å²) in [5.74, 6) is 0. The van der Waals surface area contributed by atoms with E-state index in [4.69, 9.17) is 4.74 Å². The lowest BCUT2D eigenvalue weighted by Gasteiger charge is -2.38. The van der Waals surface area contributed by atoms with Gasteiger partial charge in [0.1, 0.15) is 0 Å². The highest BCUT2D eigenvalue weighted by Gasteiger charge is 2.40. The summed E-state index contributed by atoms with van der Waals surface area (Å²) in [6.45, 7) is 0.533. The van der Waals surface area contributed by atoms with Gasteiger partial charge in [-0.1, -0.05) is 22.0 Å². The van der Waals surface area contributed by atoms with E-state index >= 15 is 0 Å². The van der Waals surface area contributed by atoms with Crippen LogP contribution in [-0.4, -0.2) is 13.2 Å². The van der Waals surface area contributed by atoms with Gasteiger partial charge in [0.15, 0.2) is 0 Å². The summed E-state index contributed by atoms with van der Waals surface area (Å²) in [5.41, 5.74) is 1.83. The zero-order valence-corrected chi connectivity index (χ0v) is 11.3. The molecule has 3 nitrogen and oxygen atoms in total. The number of nitrogens with zero attached hydrogens (tertiary/aromatic N) is 1. The largest absolute Gasteiger partial charge is 0.380 e. The minimum absolute atomic E-state index is 0.351. The van der Waals surface area contributed by atoms with Crippen LogP contribution >= 0.6 is 15.9 Å². The fourth-order valence-electron chi connectivity index (χ4n) is 2.33. The lowest BCUT2D eigenvalue weighted by molar-refractivity contribution is 0.178. The molecule has 1 fully saturated rings. The molecular weight excluding hydrogens is 282 g/mol. The van der Waals surface area contributed by atoms with Gasteiger partial charge in [-0.05, 0) is 42.5 Å². The second-order valence-corrected chi connectivity index (χ2v) is 5.24. The van der Waals surface area contributed by atoms with Crippen molar-refractivity contribution in [2.45, 2.75) is 31.4 Å². The molecule has 4 heteroatoms. The van der Waals surface area contributed by atoms with Gasteiger partial charge in [0.2, 0.25) is 6.08 Å². The second kappa shape index (κ2) is 5.13. The van der Waals surface area contributed by atoms with Gasteiger partial charge in [-0.2, -0.15) is 4.99 Å². The lowest BCUT2D eigenvalue weighted by Crippen LogP contribution is -2.33. The van der Waals surface area contributed by atoms with Crippen LogP contribution in [0.1, 0.15) is 30.4 Å². The van der Waals surface area contributed by atoms with Gasteiger partial charge >= 0.3 is 0 Å². The molecule has 17 heavy (non-hydrogen) atoms. The van der Waals surface area contributed by atoms with Crippen molar-refractivity contribution in [3.05, 3.63) is 33.8 Å². The van der Waals surface area contributed by atoms with Crippen molar-refractivity contribution < 1.29 is 9.53 Å². The van der Waals surface area contributed by atoms with Crippen LogP contribution in [0.25, 0.3) is 0 Å². The number of benzene rings is 1. The highest BCUT2D eigenvalue weighted by atomic mass is 79.9. The average Bonchev–Trinajstić information content (AvgIpc) is 2.25. The first-order valence-corrected chi connectivity index (χ1v) is 6.38. The zero-order chi connectivity index (χ0) is 12.3. The highest BCUT2D eigenvalue weighted by Crippen LogP contribution is 2.46. The summed E-state index contributed by atoms with van der Waals surface area (Å²) in [6.07, 6.45) is 4.65. The number of halogens is 1. The van der Waals surface area contributed by atoms with Crippen LogP contribution in [0.3, 0.4) is 0 Å². The number of hydrogen-bond donors (Lipinski definition) is 0. The minimum Gasteiger partial charge on any atom is -0.380 e. The molecule has 0 bridgehead atoms. The molecule has 0 aliphatic heterocycles. The third-order valence-electron chi connectivity index (χ3n) is 3.31. The SMILES string of the molecule is COCc1cc(Br)ccc1C1(N=C=O)CCC1. The van der Waals surface area contributed by atoms with E-state index in [2.05, 4.69) is 20.9 Å². The predicted octanol–water partition coefficient (Wildman–Crippen LogP) is 3.31. The van der Waals surface area contributed by atoms with E-state index in [1.807, 2.05) is 18.2 Å². The quantitative estimate of drug-likeness (QED) is 0.631. The molecule has 1 aromatic carbocycles. The molecule has 0 amide bonds. The Morgan fingerprint density at radius 3 is 2.82 bits per heavy atom. The van der Waals surface area contributed by atoms with Crippen molar-refractivity contribution in [2.75, 3.05) is 7.11 Å². The van der Waals surface area contributed by atoms with Crippen molar-refractivity contribution >= 4 is 22.0 Å². The van der Waals surface area contributed by atoms with E-state index in [9.17, 15) is 4.79 Å². The monoisotopic (exact) mass is 295 g/mol. The van der Waals surface area contributed by atoms with Gasteiger partial charge in [-0.15, -0.1) is 0 Å². The first-order chi connectivity index (χ1) is 8.22. The summed E-state index contributed by atoms with van der Waals surface area (Å²) in [5, 5.41) is 0. The Kier molecular flexibility index (Phi) is 3.77. The molecule has 0 heterocycles. The van der Waals surface area contributed by atoms with E-state index in [-0.39, 0.29) is 5.54 Å². The van der Waals surface area contributed by atoms with Crippen LogP contribution in [-0.2, 0) is 21.7 Å². The van der Waals surface area contributed by atoms with Crippen molar-refractivity contribution in [3.63, 3.8) is 0 Å². The van der Waals surface area contributed by atoms with Crippen molar-refractivity contribution in [1.29, 1.82) is 0 Å². The van der Waals surface area contributed by atoms with Gasteiger partial charge in [-0.3, -0.25) is 0 Å². The summed E-state index contributed by atoms with van der Waals surface area (Å²) in [6, 6.07) is 6.03. The van der Waals surface area contributed by atoms with Crippen molar-refractivity contribution in [3.8, 4) is 0 Å². The van der Waals surface area contributed by atoms with Gasteiger partial charge < -0.3 is 4.74 Å². The maximum absolute atomic E-state index is 10.6. The number of ether oxygens (including phenoxy) is 1. The molecule has 0 unspecified atom stereocenters. The predicted molar refractivity (Wildman–Crippen MR) is 68.5 cm³/mol. The summed E-state index contributed by atoms with van der Waals surface area (Å²) < 4.78 is 6.22. The Bertz CT molecular complexity index is 462. The molecule has 0 spiro atoms. The maximum Gasteiger partial charge on any atom is 0.235 e. The number of carbonyl (C=O) groups excluding carboxylic acids is 1. The molecule has 1 aliphatic rings. The molecule has 1 aromatic rings. The molecule has 0 radical (unpaired) electrons. The van der Waals surface area contributed by atoms with Crippen LogP contribution in [0.4, 0.5) is 0 Å². The van der Waals surface area contributed by atoms with Gasteiger partial charge in [0.05, 0.1) is 12.1 Å². The third kappa shape index (κ3) is 2.34. The van der Waals surface area contributed by atoms with Crippen LogP contribution < -0.4 is 0 Å². The molecule has 0 aromatic heterocycles. The maximum atomic E-state index is 10.6. The molecule has 2 rings (SSSR count). The number of aliphatic imine (C=N–C) groups is 1. The molecule has 1 saturated carbocycles. The van der Waals surface area contributed by atoms with Crippen molar-refractivity contribution in [2.24, 2.45) is 4.99 Å². The Hall–Kier alpha value is -0.960. The first-order valence-electron chi connectivity index (χ1n) is 5.59. The molecule has 1 aliphatic carbocycles. The van der Waals surface area contributed by atoms with Gasteiger partial charge in [-0.25, -0.2) is 4.79 Å². The molecular formula is C13H14BrNO2.